The van der Waals surface area contributed by atoms with Crippen LogP contribution in [0.25, 0.3) is 0 Å². The highest BCUT2D eigenvalue weighted by Gasteiger charge is 2.44. The van der Waals surface area contributed by atoms with E-state index in [9.17, 15) is 19.8 Å². The third-order valence-corrected chi connectivity index (χ3v) is 18.3. The maximum Gasteiger partial charge on any atom is 0.305 e. The Labute approximate surface area is 479 Å². The highest BCUT2D eigenvalue weighted by Crippen LogP contribution is 2.49. The van der Waals surface area contributed by atoms with Gasteiger partial charge < -0.3 is 30.3 Å². The number of esters is 2. The van der Waals surface area contributed by atoms with Crippen LogP contribution in [0.5, 0.6) is 0 Å². The van der Waals surface area contributed by atoms with Gasteiger partial charge in [-0.1, -0.05) is 39.5 Å². The SMILES string of the molecule is CCC1=C(C)C2=NC1=CC1=C(C)C3=C(O)CC(=C4NC(=CC5=NC(=C2)C(C#CC#CC2=C(C)C6=NC2=CC2=NC(=CC7=C(C)C8=C(O)CC(=C9NC(=C6)[C@@H](C)[C@@H]9CCC(=O)OC)C8=N7)C(CC)=C2C)=C5C)[C@@H](C)[C@@H]4CCC(=O)OC)C3=N1. The van der Waals surface area contributed by atoms with Crippen molar-refractivity contribution in [3.8, 4) is 23.7 Å². The average Bonchev–Trinajstić information content (AvgIpc) is 4.56. The lowest BCUT2D eigenvalue weighted by atomic mass is 9.86. The van der Waals surface area contributed by atoms with Gasteiger partial charge in [-0.25, -0.2) is 30.0 Å². The Balaban J connectivity index is 0.967. The van der Waals surface area contributed by atoms with Gasteiger partial charge in [-0.15, -0.1) is 0 Å². The monoisotopic (exact) mass is 1090 g/mol. The summed E-state index contributed by atoms with van der Waals surface area (Å²) in [4.78, 5) is 56.7. The van der Waals surface area contributed by atoms with Gasteiger partial charge in [-0.3, -0.25) is 9.59 Å². The third-order valence-electron chi connectivity index (χ3n) is 18.3. The van der Waals surface area contributed by atoms with Gasteiger partial charge >= 0.3 is 11.9 Å². The lowest BCUT2D eigenvalue weighted by Gasteiger charge is -2.17. The van der Waals surface area contributed by atoms with E-state index in [2.05, 4.69) is 88.0 Å². The normalized spacial score (nSPS) is 24.9. The molecule has 0 saturated carbocycles. The molecule has 4 atom stereocenters. The first-order valence-electron chi connectivity index (χ1n) is 28.5. The number of aliphatic hydroxyl groups excluding tert-OH is 2. The van der Waals surface area contributed by atoms with E-state index in [1.807, 2.05) is 52.0 Å². The van der Waals surface area contributed by atoms with Gasteiger partial charge in [-0.05, 0) is 160 Å². The van der Waals surface area contributed by atoms with Crippen LogP contribution in [0.1, 0.15) is 121 Å². The lowest BCUT2D eigenvalue weighted by Crippen LogP contribution is -2.16. The van der Waals surface area contributed by atoms with Gasteiger partial charge in [0.15, 0.2) is 0 Å². The van der Waals surface area contributed by atoms with Gasteiger partial charge in [0.05, 0.1) is 93.8 Å². The van der Waals surface area contributed by atoms with Gasteiger partial charge in [-0.2, -0.15) is 0 Å². The third kappa shape index (κ3) is 8.73. The zero-order chi connectivity index (χ0) is 57.7. The van der Waals surface area contributed by atoms with Crippen LogP contribution in [-0.2, 0) is 19.1 Å². The van der Waals surface area contributed by atoms with E-state index < -0.39 is 0 Å². The molecule has 0 aromatic carbocycles. The number of aliphatic hydroxyl groups is 2. The molecule has 16 bridgehead atoms. The second-order valence-corrected chi connectivity index (χ2v) is 22.7. The zero-order valence-electron chi connectivity index (χ0n) is 48.6. The number of allylic oxidation sites excluding steroid dienone is 24. The van der Waals surface area contributed by atoms with Gasteiger partial charge in [0.1, 0.15) is 11.5 Å². The largest absolute Gasteiger partial charge is 0.511 e. The highest BCUT2D eigenvalue weighted by molar-refractivity contribution is 6.23. The molecule has 14 nitrogen and oxygen atoms in total. The minimum absolute atomic E-state index is 0.0404. The predicted molar refractivity (Wildman–Crippen MR) is 322 cm³/mol. The number of hydrogen-bond acceptors (Lipinski definition) is 14. The fraction of sp³-hybridized carbons (Fsp3) is 0.353. The van der Waals surface area contributed by atoms with Crippen molar-refractivity contribution in [2.75, 3.05) is 14.2 Å². The first-order valence-corrected chi connectivity index (χ1v) is 28.5. The molecule has 0 radical (unpaired) electrons. The van der Waals surface area contributed by atoms with Crippen molar-refractivity contribution in [2.24, 2.45) is 53.6 Å². The minimum atomic E-state index is -0.276. The number of ether oxygens (including phenoxy) is 2. The number of carbonyl (C=O) groups is 2. The molecule has 0 amide bonds. The quantitative estimate of drug-likeness (QED) is 0.136. The molecule has 0 aromatic rings. The molecular formula is C68H66N8O6. The number of nitrogens with one attached hydrogen (secondary N) is 2. The molecular weight excluding hydrogens is 1020 g/mol. The first kappa shape index (κ1) is 53.7. The maximum absolute atomic E-state index is 12.6. The summed E-state index contributed by atoms with van der Waals surface area (Å²) < 4.78 is 10.2. The van der Waals surface area contributed by atoms with E-state index >= 15 is 0 Å². The van der Waals surface area contributed by atoms with Crippen molar-refractivity contribution >= 4 is 46.2 Å². The number of aliphatic imine (C=N–C) groups is 6. The second kappa shape index (κ2) is 20.6. The van der Waals surface area contributed by atoms with E-state index in [0.717, 1.165) is 171 Å². The first-order chi connectivity index (χ1) is 39.4. The molecule has 10 aliphatic heterocycles. The molecule has 10 heterocycles. The number of nitrogens with zero attached hydrogens (tertiary/aromatic N) is 6. The summed E-state index contributed by atoms with van der Waals surface area (Å²) >= 11 is 0. The fourth-order valence-electron chi connectivity index (χ4n) is 13.5. The lowest BCUT2D eigenvalue weighted by molar-refractivity contribution is -0.141. The molecule has 4 N–H and O–H groups in total. The van der Waals surface area contributed by atoms with E-state index in [1.165, 1.54) is 14.2 Å². The molecule has 12 rings (SSSR count). The van der Waals surface area contributed by atoms with Crippen LogP contribution in [0, 0.1) is 47.4 Å². The molecule has 14 heteroatoms. The van der Waals surface area contributed by atoms with Crippen LogP contribution in [0.3, 0.4) is 0 Å². The molecule has 2 saturated heterocycles. The van der Waals surface area contributed by atoms with Crippen molar-refractivity contribution < 1.29 is 29.3 Å². The van der Waals surface area contributed by atoms with Crippen molar-refractivity contribution in [2.45, 2.75) is 121 Å². The smallest absolute Gasteiger partial charge is 0.305 e. The van der Waals surface area contributed by atoms with Crippen molar-refractivity contribution in [1.29, 1.82) is 0 Å². The maximum atomic E-state index is 12.6. The Hall–Kier alpha value is -8.88. The Morgan fingerprint density at radius 2 is 0.915 bits per heavy atom. The number of fused-ring (bicyclic) bond motifs is 10. The van der Waals surface area contributed by atoms with Gasteiger partial charge in [0.2, 0.25) is 0 Å². The summed E-state index contributed by atoms with van der Waals surface area (Å²) in [7, 11) is 2.83. The molecule has 2 aliphatic carbocycles. The second-order valence-electron chi connectivity index (χ2n) is 22.7. The van der Waals surface area contributed by atoms with Crippen molar-refractivity contribution in [1.82, 2.24) is 10.6 Å². The Morgan fingerprint density at radius 3 is 1.29 bits per heavy atom. The standard InChI is InChI=1S/C68H66N8O6/c1-13-39-31(3)49-27-57-41(33(5)47(71-57)25-51-35(7)43(19-21-61(79)81-11)65(73-51)45-23-59(77)63-37(9)53(75-67(45)63)29-55(39)69-49)17-15-16-18-42-34(6)48-26-52-36(8)44(20-22-62(80)82-12)66(74-52)46-24-60(78)64-38(10)54(76-68(46)64)30-56-40(14-2)32(4)50(70-56)28-58(42)72-48/h25-30,35-36,43-44,73-74,77-78H,13-14,19-24H2,1-12H3/t35-,36-,43-,44-/m0/s1. The fourth-order valence-corrected chi connectivity index (χ4v) is 13.5. The summed E-state index contributed by atoms with van der Waals surface area (Å²) in [6.07, 6.45) is 16.0. The topological polar surface area (TPSA) is 191 Å². The zero-order valence-corrected chi connectivity index (χ0v) is 48.6. The van der Waals surface area contributed by atoms with Crippen LogP contribution in [0.2, 0.25) is 0 Å². The van der Waals surface area contributed by atoms with E-state index in [4.69, 9.17) is 39.4 Å². The van der Waals surface area contributed by atoms with Crippen LogP contribution >= 0.6 is 0 Å². The summed E-state index contributed by atoms with van der Waals surface area (Å²) in [5, 5.41) is 30.7. The van der Waals surface area contributed by atoms with Gasteiger partial charge in [0, 0.05) is 94.4 Å². The molecule has 12 aliphatic rings. The minimum Gasteiger partial charge on any atom is -0.511 e. The summed E-state index contributed by atoms with van der Waals surface area (Å²) in [5.41, 5.74) is 25.5. The highest BCUT2D eigenvalue weighted by atomic mass is 16.5. The van der Waals surface area contributed by atoms with Crippen LogP contribution in [0.15, 0.2) is 213 Å². The van der Waals surface area contributed by atoms with Crippen molar-refractivity contribution in [3.05, 3.63) is 183 Å². The van der Waals surface area contributed by atoms with E-state index in [0.29, 0.717) is 37.1 Å². The van der Waals surface area contributed by atoms with Crippen LogP contribution in [0.4, 0.5) is 0 Å². The number of methoxy groups -OCH3 is 2. The summed E-state index contributed by atoms with van der Waals surface area (Å²) in [6.45, 7) is 20.9. The van der Waals surface area contributed by atoms with Crippen LogP contribution in [-0.4, -0.2) is 70.6 Å². The van der Waals surface area contributed by atoms with Gasteiger partial charge in [0.25, 0.3) is 0 Å². The summed E-state index contributed by atoms with van der Waals surface area (Å²) in [5.74, 6) is 13.2. The average molecular weight is 1090 g/mol. The molecule has 2 fully saturated rings. The number of rotatable bonds is 8. The summed E-state index contributed by atoms with van der Waals surface area (Å²) in [6, 6.07) is 0. The molecule has 82 heavy (non-hydrogen) atoms. The van der Waals surface area contributed by atoms with Crippen molar-refractivity contribution in [3.63, 3.8) is 0 Å². The molecule has 414 valence electrons. The Bertz CT molecular complexity index is 3790. The van der Waals surface area contributed by atoms with E-state index in [1.54, 1.807) is 0 Å². The number of hydrogen-bond donors (Lipinski definition) is 4. The Morgan fingerprint density at radius 1 is 0.537 bits per heavy atom. The number of carbonyl (C=O) groups excluding carboxylic acids is 2. The predicted octanol–water partition coefficient (Wildman–Crippen LogP) is 12.2. The molecule has 0 spiro atoms. The van der Waals surface area contributed by atoms with E-state index in [-0.39, 0.29) is 60.0 Å². The molecule has 0 unspecified atom stereocenters. The molecule has 0 aromatic heterocycles. The van der Waals surface area contributed by atoms with Crippen LogP contribution < -0.4 is 10.6 Å². The Kier molecular flexibility index (Phi) is 13.5.